The summed E-state index contributed by atoms with van der Waals surface area (Å²) >= 11 is 16.9. The number of furan rings is 1. The van der Waals surface area contributed by atoms with Crippen molar-refractivity contribution < 1.29 is 4.42 Å². The summed E-state index contributed by atoms with van der Waals surface area (Å²) in [6.07, 6.45) is 1.53. The molecule has 0 bridgehead atoms. The predicted molar refractivity (Wildman–Crippen MR) is 86.9 cm³/mol. The Hall–Kier alpha value is -1.56. The standard InChI is InChI=1S/C13H11Cl2N3OS/c1-8-2-4-10(19-8)7-16-18-13(20)17-12-5-3-9(14)6-11(12)15/h2-7H,1H3,(H2,17,18,20)/b16-7-. The quantitative estimate of drug-likeness (QED) is 0.503. The summed E-state index contributed by atoms with van der Waals surface area (Å²) in [4.78, 5) is 0. The third kappa shape index (κ3) is 4.23. The molecule has 0 amide bonds. The molecule has 0 aliphatic heterocycles. The number of halogens is 2. The van der Waals surface area contributed by atoms with Crippen molar-refractivity contribution in [3.05, 3.63) is 51.9 Å². The van der Waals surface area contributed by atoms with Crippen LogP contribution in [0.5, 0.6) is 0 Å². The molecule has 2 rings (SSSR count). The van der Waals surface area contributed by atoms with Crippen molar-refractivity contribution in [1.29, 1.82) is 0 Å². The predicted octanol–water partition coefficient (Wildman–Crippen LogP) is 4.22. The summed E-state index contributed by atoms with van der Waals surface area (Å²) in [5.41, 5.74) is 3.32. The lowest BCUT2D eigenvalue weighted by Gasteiger charge is -2.08. The molecule has 0 saturated carbocycles. The van der Waals surface area contributed by atoms with Crippen LogP contribution >= 0.6 is 35.4 Å². The number of hydrogen-bond donors (Lipinski definition) is 2. The molecule has 2 N–H and O–H groups in total. The van der Waals surface area contributed by atoms with Crippen molar-refractivity contribution in [1.82, 2.24) is 5.43 Å². The number of nitrogens with zero attached hydrogens (tertiary/aromatic N) is 1. The van der Waals surface area contributed by atoms with Crippen molar-refractivity contribution >= 4 is 52.4 Å². The maximum absolute atomic E-state index is 6.02. The Kier molecular flexibility index (Phi) is 5.00. The number of thiocarbonyl (C=S) groups is 1. The van der Waals surface area contributed by atoms with E-state index in [1.807, 2.05) is 19.1 Å². The monoisotopic (exact) mass is 327 g/mol. The molecule has 1 aromatic carbocycles. The number of rotatable bonds is 3. The molecule has 0 radical (unpaired) electrons. The van der Waals surface area contributed by atoms with E-state index in [1.54, 1.807) is 18.2 Å². The van der Waals surface area contributed by atoms with E-state index in [0.29, 0.717) is 26.6 Å². The first-order valence-electron chi connectivity index (χ1n) is 5.66. The molecular weight excluding hydrogens is 317 g/mol. The van der Waals surface area contributed by atoms with E-state index >= 15 is 0 Å². The fourth-order valence-corrected chi connectivity index (χ4v) is 2.04. The van der Waals surface area contributed by atoms with Crippen LogP contribution in [0.1, 0.15) is 11.5 Å². The van der Waals surface area contributed by atoms with Crippen molar-refractivity contribution in [2.24, 2.45) is 5.10 Å². The van der Waals surface area contributed by atoms with Crippen LogP contribution in [0.4, 0.5) is 5.69 Å². The first-order valence-corrected chi connectivity index (χ1v) is 6.82. The third-order valence-electron chi connectivity index (χ3n) is 2.30. The van der Waals surface area contributed by atoms with Crippen molar-refractivity contribution in [3.63, 3.8) is 0 Å². The molecule has 0 unspecified atom stereocenters. The van der Waals surface area contributed by atoms with Crippen LogP contribution in [0.15, 0.2) is 39.9 Å². The Morgan fingerprint density at radius 1 is 1.30 bits per heavy atom. The van der Waals surface area contributed by atoms with Crippen LogP contribution in [0.25, 0.3) is 0 Å². The molecule has 0 aliphatic rings. The minimum Gasteiger partial charge on any atom is -0.460 e. The summed E-state index contributed by atoms with van der Waals surface area (Å²) < 4.78 is 5.33. The van der Waals surface area contributed by atoms with Crippen LogP contribution < -0.4 is 10.7 Å². The number of aryl methyl sites for hydroxylation is 1. The van der Waals surface area contributed by atoms with Gasteiger partial charge in [0, 0.05) is 5.02 Å². The van der Waals surface area contributed by atoms with E-state index in [-0.39, 0.29) is 0 Å². The van der Waals surface area contributed by atoms with E-state index in [4.69, 9.17) is 39.8 Å². The Balaban J connectivity index is 1.91. The third-order valence-corrected chi connectivity index (χ3v) is 3.04. The highest BCUT2D eigenvalue weighted by Gasteiger charge is 2.02. The second-order valence-corrected chi connectivity index (χ2v) is 5.15. The summed E-state index contributed by atoms with van der Waals surface area (Å²) in [7, 11) is 0. The van der Waals surface area contributed by atoms with Crippen LogP contribution in [0.3, 0.4) is 0 Å². The Morgan fingerprint density at radius 2 is 2.10 bits per heavy atom. The largest absolute Gasteiger partial charge is 0.460 e. The summed E-state index contributed by atoms with van der Waals surface area (Å²) in [5.74, 6) is 1.46. The lowest BCUT2D eigenvalue weighted by Crippen LogP contribution is -2.23. The zero-order valence-electron chi connectivity index (χ0n) is 10.5. The van der Waals surface area contributed by atoms with Crippen LogP contribution in [0.2, 0.25) is 10.0 Å². The minimum atomic E-state index is 0.314. The second-order valence-electron chi connectivity index (χ2n) is 3.90. The highest BCUT2D eigenvalue weighted by atomic mass is 35.5. The van der Waals surface area contributed by atoms with Gasteiger partial charge in [0.1, 0.15) is 11.5 Å². The normalized spacial score (nSPS) is 10.8. The number of nitrogens with one attached hydrogen (secondary N) is 2. The molecule has 2 aromatic rings. The summed E-state index contributed by atoms with van der Waals surface area (Å²) in [6, 6.07) is 8.74. The molecule has 0 spiro atoms. The molecule has 0 atom stereocenters. The van der Waals surface area contributed by atoms with E-state index in [2.05, 4.69) is 15.8 Å². The molecule has 0 fully saturated rings. The molecule has 1 heterocycles. The smallest absolute Gasteiger partial charge is 0.191 e. The maximum Gasteiger partial charge on any atom is 0.191 e. The Bertz CT molecular complexity index is 655. The number of hydrazone groups is 1. The highest BCUT2D eigenvalue weighted by molar-refractivity contribution is 7.80. The highest BCUT2D eigenvalue weighted by Crippen LogP contribution is 2.25. The number of hydrogen-bond acceptors (Lipinski definition) is 3. The van der Waals surface area contributed by atoms with E-state index in [1.165, 1.54) is 6.21 Å². The molecular formula is C13H11Cl2N3OS. The van der Waals surface area contributed by atoms with Crippen LogP contribution in [-0.4, -0.2) is 11.3 Å². The van der Waals surface area contributed by atoms with Gasteiger partial charge < -0.3 is 9.73 Å². The van der Waals surface area contributed by atoms with Gasteiger partial charge in [-0.25, -0.2) is 0 Å². The topological polar surface area (TPSA) is 49.6 Å². The van der Waals surface area contributed by atoms with Gasteiger partial charge in [-0.05, 0) is 49.5 Å². The van der Waals surface area contributed by atoms with Gasteiger partial charge >= 0.3 is 0 Å². The zero-order valence-corrected chi connectivity index (χ0v) is 12.8. The summed E-state index contributed by atoms with van der Waals surface area (Å²) in [6.45, 7) is 1.86. The lowest BCUT2D eigenvalue weighted by atomic mass is 10.3. The van der Waals surface area contributed by atoms with Crippen molar-refractivity contribution in [2.45, 2.75) is 6.92 Å². The Morgan fingerprint density at radius 3 is 2.75 bits per heavy atom. The fourth-order valence-electron chi connectivity index (χ4n) is 1.42. The van der Waals surface area contributed by atoms with Gasteiger partial charge in [0.25, 0.3) is 0 Å². The van der Waals surface area contributed by atoms with Gasteiger partial charge in [0.15, 0.2) is 5.11 Å². The molecule has 1 aromatic heterocycles. The van der Waals surface area contributed by atoms with Gasteiger partial charge in [0.2, 0.25) is 0 Å². The first-order chi connectivity index (χ1) is 9.54. The van der Waals surface area contributed by atoms with E-state index < -0.39 is 0 Å². The van der Waals surface area contributed by atoms with Gasteiger partial charge in [-0.2, -0.15) is 5.10 Å². The average Bonchev–Trinajstić information content (AvgIpc) is 2.79. The molecule has 104 valence electrons. The second kappa shape index (κ2) is 6.74. The van der Waals surface area contributed by atoms with Gasteiger partial charge in [-0.15, -0.1) is 0 Å². The molecule has 0 aliphatic carbocycles. The van der Waals surface area contributed by atoms with E-state index in [9.17, 15) is 0 Å². The molecule has 7 heteroatoms. The summed E-state index contributed by atoms with van der Waals surface area (Å²) in [5, 5.41) is 8.22. The SMILES string of the molecule is Cc1ccc(/C=N\NC(=S)Nc2ccc(Cl)cc2Cl)o1. The fraction of sp³-hybridized carbons (Fsp3) is 0.0769. The molecule has 4 nitrogen and oxygen atoms in total. The van der Waals surface area contributed by atoms with Gasteiger partial charge in [-0.1, -0.05) is 23.2 Å². The van der Waals surface area contributed by atoms with Crippen LogP contribution in [-0.2, 0) is 0 Å². The molecule has 20 heavy (non-hydrogen) atoms. The molecule has 0 saturated heterocycles. The van der Waals surface area contributed by atoms with E-state index in [0.717, 1.165) is 5.76 Å². The van der Waals surface area contributed by atoms with Crippen molar-refractivity contribution in [2.75, 3.05) is 5.32 Å². The number of anilines is 1. The van der Waals surface area contributed by atoms with Crippen LogP contribution in [0, 0.1) is 6.92 Å². The van der Waals surface area contributed by atoms with Crippen molar-refractivity contribution in [3.8, 4) is 0 Å². The van der Waals surface area contributed by atoms with Gasteiger partial charge in [-0.3, -0.25) is 5.43 Å². The lowest BCUT2D eigenvalue weighted by molar-refractivity contribution is 0.527. The minimum absolute atomic E-state index is 0.314. The van der Waals surface area contributed by atoms with Gasteiger partial charge in [0.05, 0.1) is 16.9 Å². The Labute approximate surface area is 131 Å². The average molecular weight is 328 g/mol. The zero-order chi connectivity index (χ0) is 14.5. The number of benzene rings is 1. The first kappa shape index (κ1) is 14.8. The maximum atomic E-state index is 6.02.